The van der Waals surface area contributed by atoms with Crippen molar-refractivity contribution in [3.63, 3.8) is 0 Å². The van der Waals surface area contributed by atoms with Crippen LogP contribution in [-0.4, -0.2) is 70.0 Å². The molecule has 3 N–H and O–H groups in total. The lowest BCUT2D eigenvalue weighted by atomic mass is 9.74. The number of morpholine rings is 1. The van der Waals surface area contributed by atoms with Crippen molar-refractivity contribution in [3.8, 4) is 0 Å². The minimum absolute atomic E-state index is 0. The van der Waals surface area contributed by atoms with Gasteiger partial charge in [0, 0.05) is 43.3 Å². The molecule has 0 bridgehead atoms. The molecule has 8 heteroatoms. The van der Waals surface area contributed by atoms with Gasteiger partial charge < -0.3 is 20.5 Å². The van der Waals surface area contributed by atoms with Gasteiger partial charge in [-0.05, 0) is 37.4 Å². The smallest absolute Gasteiger partial charge is 0.188 e. The van der Waals surface area contributed by atoms with Crippen molar-refractivity contribution in [2.24, 2.45) is 10.7 Å². The minimum atomic E-state index is -0.101. The number of aliphatic imine (C=N–C) groups is 1. The number of benzene rings is 1. The van der Waals surface area contributed by atoms with Gasteiger partial charge in [-0.15, -0.1) is 24.0 Å². The zero-order valence-corrected chi connectivity index (χ0v) is 19.5. The molecule has 2 fully saturated rings. The normalized spacial score (nSPS) is 20.4. The number of hydrogen-bond donors (Lipinski definition) is 2. The maximum Gasteiger partial charge on any atom is 0.188 e. The van der Waals surface area contributed by atoms with Crippen LogP contribution >= 0.6 is 35.6 Å². The van der Waals surface area contributed by atoms with Crippen LogP contribution in [0.4, 0.5) is 0 Å². The molecule has 1 aromatic carbocycles. The van der Waals surface area contributed by atoms with Gasteiger partial charge in [0.25, 0.3) is 0 Å². The molecule has 0 unspecified atom stereocenters. The Hall–Kier alpha value is -0.610. The molecule has 3 rings (SSSR count). The van der Waals surface area contributed by atoms with Crippen LogP contribution < -0.4 is 11.1 Å². The zero-order valence-electron chi connectivity index (χ0n) is 16.4. The maximum absolute atomic E-state index is 6.49. The molecule has 6 nitrogen and oxygen atoms in total. The Morgan fingerprint density at radius 1 is 1.14 bits per heavy atom. The molecule has 158 valence electrons. The molecule has 0 aromatic heterocycles. The number of rotatable bonds is 7. The van der Waals surface area contributed by atoms with Crippen molar-refractivity contribution >= 4 is 41.5 Å². The van der Waals surface area contributed by atoms with Crippen molar-refractivity contribution < 1.29 is 9.47 Å². The topological polar surface area (TPSA) is 72.1 Å². The van der Waals surface area contributed by atoms with E-state index >= 15 is 0 Å². The van der Waals surface area contributed by atoms with E-state index in [4.69, 9.17) is 26.8 Å². The molecule has 2 aliphatic rings. The summed E-state index contributed by atoms with van der Waals surface area (Å²) in [5.41, 5.74) is 7.18. The molecule has 2 aliphatic heterocycles. The van der Waals surface area contributed by atoms with Crippen LogP contribution in [0.3, 0.4) is 0 Å². The molecular formula is C20H32ClIN4O2. The third kappa shape index (κ3) is 6.73. The van der Waals surface area contributed by atoms with Crippen LogP contribution in [0, 0.1) is 0 Å². The van der Waals surface area contributed by atoms with Crippen LogP contribution in [0.15, 0.2) is 29.3 Å². The molecular weight excluding hydrogens is 491 g/mol. The molecule has 0 atom stereocenters. The minimum Gasteiger partial charge on any atom is -0.381 e. The van der Waals surface area contributed by atoms with E-state index in [9.17, 15) is 0 Å². The average Bonchev–Trinajstić information content (AvgIpc) is 2.71. The number of guanidine groups is 1. The van der Waals surface area contributed by atoms with Gasteiger partial charge in [-0.1, -0.05) is 29.8 Å². The van der Waals surface area contributed by atoms with Crippen molar-refractivity contribution in [2.45, 2.75) is 24.7 Å². The monoisotopic (exact) mass is 522 g/mol. The third-order valence-corrected chi connectivity index (χ3v) is 5.84. The first-order valence-corrected chi connectivity index (χ1v) is 10.2. The summed E-state index contributed by atoms with van der Waals surface area (Å²) in [4.78, 5) is 7.08. The van der Waals surface area contributed by atoms with Gasteiger partial charge >= 0.3 is 0 Å². The zero-order chi connectivity index (χ0) is 19.0. The summed E-state index contributed by atoms with van der Waals surface area (Å²) in [5, 5.41) is 4.05. The fourth-order valence-corrected chi connectivity index (χ4v) is 4.14. The standard InChI is InChI=1S/C20H31ClN4O2.HI/c21-18-5-2-1-4-17(18)20(6-12-26-13-7-20)16-24-19(22)23-8-3-9-25-10-14-27-15-11-25;/h1-2,4-5H,3,6-16H2,(H3,22,23,24);1H. The van der Waals surface area contributed by atoms with E-state index < -0.39 is 0 Å². The van der Waals surface area contributed by atoms with E-state index in [1.165, 1.54) is 0 Å². The van der Waals surface area contributed by atoms with E-state index in [2.05, 4.69) is 21.3 Å². The van der Waals surface area contributed by atoms with E-state index in [0.29, 0.717) is 12.5 Å². The van der Waals surface area contributed by atoms with Crippen LogP contribution in [0.5, 0.6) is 0 Å². The van der Waals surface area contributed by atoms with Gasteiger partial charge in [-0.2, -0.15) is 0 Å². The van der Waals surface area contributed by atoms with E-state index in [1.54, 1.807) is 0 Å². The van der Waals surface area contributed by atoms with Gasteiger partial charge in [0.15, 0.2) is 5.96 Å². The maximum atomic E-state index is 6.49. The Labute approximate surface area is 190 Å². The second-order valence-corrected chi connectivity index (χ2v) is 7.72. The Morgan fingerprint density at radius 3 is 2.54 bits per heavy atom. The first kappa shape index (κ1) is 23.7. The van der Waals surface area contributed by atoms with E-state index in [0.717, 1.165) is 82.5 Å². The molecule has 2 saturated heterocycles. The number of nitrogens with one attached hydrogen (secondary N) is 1. The predicted octanol–water partition coefficient (Wildman–Crippen LogP) is 2.63. The molecule has 0 radical (unpaired) electrons. The van der Waals surface area contributed by atoms with Crippen LogP contribution in [-0.2, 0) is 14.9 Å². The van der Waals surface area contributed by atoms with Crippen molar-refractivity contribution in [1.82, 2.24) is 10.2 Å². The number of halogens is 2. The van der Waals surface area contributed by atoms with Gasteiger partial charge in [0.05, 0.1) is 19.8 Å². The largest absolute Gasteiger partial charge is 0.381 e. The highest BCUT2D eigenvalue weighted by atomic mass is 127. The Bertz CT molecular complexity index is 620. The summed E-state index contributed by atoms with van der Waals surface area (Å²) in [5.74, 6) is 0.509. The third-order valence-electron chi connectivity index (χ3n) is 5.51. The number of ether oxygens (including phenoxy) is 2. The van der Waals surface area contributed by atoms with Crippen LogP contribution in [0.2, 0.25) is 5.02 Å². The molecule has 1 aromatic rings. The van der Waals surface area contributed by atoms with Gasteiger partial charge in [-0.25, -0.2) is 0 Å². The highest BCUT2D eigenvalue weighted by Gasteiger charge is 2.35. The number of nitrogens with two attached hydrogens (primary N) is 1. The Kier molecular flexibility index (Phi) is 10.3. The quantitative estimate of drug-likeness (QED) is 0.249. The number of nitrogens with zero attached hydrogens (tertiary/aromatic N) is 2. The van der Waals surface area contributed by atoms with E-state index in [-0.39, 0.29) is 29.4 Å². The van der Waals surface area contributed by atoms with Crippen molar-refractivity contribution in [2.75, 3.05) is 59.2 Å². The lowest BCUT2D eigenvalue weighted by molar-refractivity contribution is 0.0376. The highest BCUT2D eigenvalue weighted by molar-refractivity contribution is 14.0. The first-order chi connectivity index (χ1) is 13.2. The average molecular weight is 523 g/mol. The van der Waals surface area contributed by atoms with Crippen molar-refractivity contribution in [1.29, 1.82) is 0 Å². The second-order valence-electron chi connectivity index (χ2n) is 7.31. The molecule has 0 spiro atoms. The van der Waals surface area contributed by atoms with Crippen molar-refractivity contribution in [3.05, 3.63) is 34.9 Å². The summed E-state index contributed by atoms with van der Waals surface area (Å²) in [6.07, 6.45) is 2.86. The second kappa shape index (κ2) is 12.2. The lowest BCUT2D eigenvalue weighted by Crippen LogP contribution is -2.40. The predicted molar refractivity (Wildman–Crippen MR) is 125 cm³/mol. The summed E-state index contributed by atoms with van der Waals surface area (Å²) < 4.78 is 11.0. The fourth-order valence-electron chi connectivity index (χ4n) is 3.80. The molecule has 0 saturated carbocycles. The summed E-state index contributed by atoms with van der Waals surface area (Å²) in [6, 6.07) is 8.06. The van der Waals surface area contributed by atoms with Gasteiger partial charge in [0.1, 0.15) is 0 Å². The summed E-state index contributed by atoms with van der Waals surface area (Å²) in [7, 11) is 0. The first-order valence-electron chi connectivity index (χ1n) is 9.86. The highest BCUT2D eigenvalue weighted by Crippen LogP contribution is 2.38. The van der Waals surface area contributed by atoms with Gasteiger partial charge in [0.2, 0.25) is 0 Å². The molecule has 28 heavy (non-hydrogen) atoms. The van der Waals surface area contributed by atoms with E-state index in [1.807, 2.05) is 18.2 Å². The SMILES string of the molecule is I.NC(=NCC1(c2ccccc2Cl)CCOCC1)NCCCN1CCOCC1. The van der Waals surface area contributed by atoms with Gasteiger partial charge in [-0.3, -0.25) is 9.89 Å². The Morgan fingerprint density at radius 2 is 1.82 bits per heavy atom. The summed E-state index contributed by atoms with van der Waals surface area (Å²) in [6.45, 7) is 7.69. The fraction of sp³-hybridized carbons (Fsp3) is 0.650. The summed E-state index contributed by atoms with van der Waals surface area (Å²) >= 11 is 6.49. The number of hydrogen-bond acceptors (Lipinski definition) is 4. The lowest BCUT2D eigenvalue weighted by Gasteiger charge is -2.37. The molecule has 0 aliphatic carbocycles. The Balaban J connectivity index is 0.00000280. The van der Waals surface area contributed by atoms with Crippen LogP contribution in [0.1, 0.15) is 24.8 Å². The molecule has 0 amide bonds. The van der Waals surface area contributed by atoms with Crippen LogP contribution in [0.25, 0.3) is 0 Å². The molecule has 2 heterocycles.